The van der Waals surface area contributed by atoms with Crippen molar-refractivity contribution in [2.45, 2.75) is 44.9 Å². The Balaban J connectivity index is 0.000000129. The van der Waals surface area contributed by atoms with Gasteiger partial charge in [-0.1, -0.05) is 188 Å². The minimum atomic E-state index is -0.697. The van der Waals surface area contributed by atoms with Crippen LogP contribution in [0.1, 0.15) is 88.1 Å². The fourth-order valence-corrected chi connectivity index (χ4v) is 12.3. The standard InChI is InChI=1S/2C23H17F2NO3.C22H17F2NO.C21H15F2NO2/c2*1-14(27)29-18-11-9-16(10-12-18)15-5-7-17(8-6-15)21-13-28-23(26-21)22-19(24)3-2-4-20(22)25;1-14-5-7-15(8-6-14)16-9-11-17(12-10-16)20-13-26-22(25-20)21-18(23)3-2-4-19(21)24;22-17-2-1-3-18(23)20(17)21-24-19(12-26-21)15-6-4-13(5-7-15)14-8-10-16(25)11-9-14/h2*2-12,21H,13H2,1H3;2-12,20H,13H2,1H3;1-11,19,25H,12H2. The molecule has 4 aliphatic rings. The first-order valence-electron chi connectivity index (χ1n) is 34.7. The monoisotopic (exact) mass is 1490 g/mol. The average Bonchev–Trinajstić information content (AvgIpc) is 1.66. The molecule has 0 aliphatic carbocycles. The Morgan fingerprint density at radius 1 is 0.300 bits per heavy atom. The zero-order valence-electron chi connectivity index (χ0n) is 59.1. The fraction of sp³-hybridized carbons (Fsp3) is 0.124. The molecule has 1 N–H and O–H groups in total. The van der Waals surface area contributed by atoms with Crippen molar-refractivity contribution in [3.8, 4) is 61.8 Å². The molecule has 13 nitrogen and oxygen atoms in total. The van der Waals surface area contributed by atoms with Crippen LogP contribution in [-0.2, 0) is 28.5 Å². The van der Waals surface area contributed by atoms with Crippen LogP contribution in [0, 0.1) is 53.5 Å². The second-order valence-electron chi connectivity index (χ2n) is 25.6. The van der Waals surface area contributed by atoms with Crippen molar-refractivity contribution in [3.63, 3.8) is 0 Å². The Hall–Kier alpha value is -13.3. The molecular formula is C89H66F8N4O9. The van der Waals surface area contributed by atoms with Gasteiger partial charge in [0.2, 0.25) is 23.6 Å². The van der Waals surface area contributed by atoms with Gasteiger partial charge in [-0.15, -0.1) is 0 Å². The van der Waals surface area contributed by atoms with Crippen LogP contribution in [-0.4, -0.2) is 67.1 Å². The topological polar surface area (TPSA) is 159 Å². The fourth-order valence-electron chi connectivity index (χ4n) is 12.3. The summed E-state index contributed by atoms with van der Waals surface area (Å²) in [6.45, 7) is 5.72. The smallest absolute Gasteiger partial charge is 0.308 e. The molecule has 0 bridgehead atoms. The van der Waals surface area contributed by atoms with Gasteiger partial charge in [0.25, 0.3) is 0 Å². The lowest BCUT2D eigenvalue weighted by Gasteiger charge is -2.08. The highest BCUT2D eigenvalue weighted by Crippen LogP contribution is 2.36. The molecule has 0 spiro atoms. The predicted octanol–water partition coefficient (Wildman–Crippen LogP) is 20.5. The first-order valence-corrected chi connectivity index (χ1v) is 34.7. The Morgan fingerprint density at radius 3 is 0.700 bits per heavy atom. The highest BCUT2D eigenvalue weighted by Gasteiger charge is 2.31. The number of phenolic OH excluding ortho intramolecular Hbond substituents is 1. The number of ether oxygens (including phenoxy) is 6. The molecular weight excluding hydrogens is 1420 g/mol. The molecule has 0 amide bonds. The van der Waals surface area contributed by atoms with Crippen LogP contribution < -0.4 is 9.47 Å². The van der Waals surface area contributed by atoms with E-state index in [0.29, 0.717) is 11.5 Å². The van der Waals surface area contributed by atoms with E-state index in [1.165, 1.54) is 92.2 Å². The van der Waals surface area contributed by atoms with Crippen molar-refractivity contribution < 1.29 is 78.2 Å². The van der Waals surface area contributed by atoms with Crippen LogP contribution in [0.25, 0.3) is 44.5 Å². The molecule has 552 valence electrons. The van der Waals surface area contributed by atoms with Crippen LogP contribution in [0.4, 0.5) is 35.1 Å². The van der Waals surface area contributed by atoms with Gasteiger partial charge in [-0.3, -0.25) is 9.59 Å². The van der Waals surface area contributed by atoms with E-state index < -0.39 is 46.5 Å². The number of aryl methyl sites for hydroxylation is 1. The highest BCUT2D eigenvalue weighted by atomic mass is 19.2. The molecule has 4 unspecified atom stereocenters. The minimum Gasteiger partial charge on any atom is -0.508 e. The molecule has 0 saturated carbocycles. The summed E-state index contributed by atoms with van der Waals surface area (Å²) in [6.07, 6.45) is 0. The summed E-state index contributed by atoms with van der Waals surface area (Å²) in [6, 6.07) is 74.3. The van der Waals surface area contributed by atoms with Crippen molar-refractivity contribution in [3.05, 3.63) is 364 Å². The van der Waals surface area contributed by atoms with Crippen LogP contribution in [0.15, 0.2) is 287 Å². The summed E-state index contributed by atoms with van der Waals surface area (Å²) >= 11 is 0. The number of carbonyl (C=O) groups is 2. The van der Waals surface area contributed by atoms with Crippen LogP contribution >= 0.6 is 0 Å². The second kappa shape index (κ2) is 34.1. The number of aromatic hydroxyl groups is 1. The first-order chi connectivity index (χ1) is 53.2. The third-order valence-electron chi connectivity index (χ3n) is 18.0. The zero-order chi connectivity index (χ0) is 77.0. The van der Waals surface area contributed by atoms with Gasteiger partial charge in [0.05, 0.1) is 0 Å². The SMILES string of the molecule is CC(=O)Oc1ccc(-c2ccc(C3COC(c4c(F)cccc4F)=N3)cc2)cc1.CC(=O)Oc1ccc(-c2ccc(C3COC(c4c(F)cccc4F)=N3)cc2)cc1.Cc1ccc(-c2ccc(C3COC(c4c(F)cccc4F)=N3)cc2)cc1.Oc1ccc(-c2ccc(C3COC(c4c(F)cccc4F)=N3)cc2)cc1. The molecule has 16 rings (SSSR count). The van der Waals surface area contributed by atoms with Gasteiger partial charge in [-0.25, -0.2) is 55.1 Å². The molecule has 4 heterocycles. The third-order valence-corrected chi connectivity index (χ3v) is 18.0. The van der Waals surface area contributed by atoms with E-state index in [2.05, 4.69) is 51.2 Å². The number of carbonyl (C=O) groups excluding carboxylic acids is 2. The lowest BCUT2D eigenvalue weighted by Crippen LogP contribution is -2.07. The van der Waals surface area contributed by atoms with Crippen LogP contribution in [0.5, 0.6) is 17.2 Å². The molecule has 0 radical (unpaired) electrons. The largest absolute Gasteiger partial charge is 0.508 e. The van der Waals surface area contributed by atoms with E-state index in [-0.39, 0.29) is 114 Å². The summed E-state index contributed by atoms with van der Waals surface area (Å²) in [7, 11) is 0. The molecule has 12 aromatic rings. The third kappa shape index (κ3) is 18.0. The summed E-state index contributed by atoms with van der Waals surface area (Å²) in [5, 5.41) is 9.37. The molecule has 0 aromatic heterocycles. The van der Waals surface area contributed by atoms with Crippen molar-refractivity contribution in [2.75, 3.05) is 26.4 Å². The zero-order valence-corrected chi connectivity index (χ0v) is 59.1. The number of esters is 2. The van der Waals surface area contributed by atoms with E-state index >= 15 is 0 Å². The summed E-state index contributed by atoms with van der Waals surface area (Å²) in [4.78, 5) is 39.4. The molecule has 110 heavy (non-hydrogen) atoms. The van der Waals surface area contributed by atoms with E-state index in [0.717, 1.165) is 66.8 Å². The van der Waals surface area contributed by atoms with Gasteiger partial charge in [-0.2, -0.15) is 0 Å². The maximum atomic E-state index is 13.9. The normalized spacial score (nSPS) is 15.9. The lowest BCUT2D eigenvalue weighted by molar-refractivity contribution is -0.132. The maximum Gasteiger partial charge on any atom is 0.308 e. The van der Waals surface area contributed by atoms with Crippen LogP contribution in [0.3, 0.4) is 0 Å². The molecule has 21 heteroatoms. The van der Waals surface area contributed by atoms with Crippen molar-refractivity contribution in [1.82, 2.24) is 0 Å². The quantitative estimate of drug-likeness (QED) is 0.0635. The van der Waals surface area contributed by atoms with Gasteiger partial charge in [0.15, 0.2) is 0 Å². The first kappa shape index (κ1) is 75.0. The Bertz CT molecular complexity index is 5020. The van der Waals surface area contributed by atoms with Gasteiger partial charge in [-0.05, 0) is 159 Å². The van der Waals surface area contributed by atoms with E-state index in [1.807, 2.05) is 133 Å². The van der Waals surface area contributed by atoms with Crippen molar-refractivity contribution in [2.24, 2.45) is 20.0 Å². The molecule has 0 saturated heterocycles. The van der Waals surface area contributed by atoms with Crippen molar-refractivity contribution >= 4 is 35.5 Å². The Kier molecular flexibility index (Phi) is 23.2. The molecule has 4 aliphatic heterocycles. The Morgan fingerprint density at radius 2 is 0.491 bits per heavy atom. The number of rotatable bonds is 14. The maximum absolute atomic E-state index is 13.9. The minimum absolute atomic E-state index is 0.00629. The number of aliphatic imine (C=N–C) groups is 4. The summed E-state index contributed by atoms with van der Waals surface area (Å²) in [5.41, 5.74) is 12.1. The van der Waals surface area contributed by atoms with Gasteiger partial charge >= 0.3 is 11.9 Å². The lowest BCUT2D eigenvalue weighted by atomic mass is 10.0. The number of hydrogen-bond donors (Lipinski definition) is 1. The molecule has 4 atom stereocenters. The predicted molar refractivity (Wildman–Crippen MR) is 403 cm³/mol. The highest BCUT2D eigenvalue weighted by molar-refractivity contribution is 5.98. The summed E-state index contributed by atoms with van der Waals surface area (Å²) < 4.78 is 143. The number of nitrogens with zero attached hydrogens (tertiary/aromatic N) is 4. The van der Waals surface area contributed by atoms with Gasteiger partial charge in [0, 0.05) is 13.8 Å². The average molecular weight is 1490 g/mol. The number of phenols is 1. The van der Waals surface area contributed by atoms with E-state index in [1.54, 1.807) is 36.4 Å². The van der Waals surface area contributed by atoms with Crippen molar-refractivity contribution in [1.29, 1.82) is 0 Å². The Labute approximate surface area is 627 Å². The van der Waals surface area contributed by atoms with E-state index in [9.17, 15) is 49.8 Å². The van der Waals surface area contributed by atoms with Crippen LogP contribution in [0.2, 0.25) is 0 Å². The van der Waals surface area contributed by atoms with E-state index in [4.69, 9.17) is 28.4 Å². The number of hydrogen-bond acceptors (Lipinski definition) is 13. The second-order valence-corrected chi connectivity index (χ2v) is 25.6. The van der Waals surface area contributed by atoms with Gasteiger partial charge in [0.1, 0.15) is 137 Å². The summed E-state index contributed by atoms with van der Waals surface area (Å²) in [5.74, 6) is -5.05. The number of benzene rings is 12. The number of halogens is 8. The van der Waals surface area contributed by atoms with Gasteiger partial charge < -0.3 is 33.5 Å². The molecule has 12 aromatic carbocycles. The molecule has 0 fully saturated rings.